The maximum atomic E-state index is 12.8. The van der Waals surface area contributed by atoms with Gasteiger partial charge < -0.3 is 10.1 Å². The number of thiophene rings is 1. The Hall–Kier alpha value is -3.13. The minimum atomic E-state index is -0.264. The van der Waals surface area contributed by atoms with Gasteiger partial charge in [0, 0.05) is 18.4 Å². The molecule has 0 unspecified atom stereocenters. The molecule has 1 amide bonds. The van der Waals surface area contributed by atoms with Gasteiger partial charge in [0.1, 0.15) is 28.5 Å². The molecule has 7 nitrogen and oxygen atoms in total. The molecule has 28 heavy (non-hydrogen) atoms. The minimum absolute atomic E-state index is 0.114. The Bertz CT molecular complexity index is 1200. The first-order valence-electron chi connectivity index (χ1n) is 8.99. The Kier molecular flexibility index (Phi) is 4.87. The van der Waals surface area contributed by atoms with Gasteiger partial charge in [-0.2, -0.15) is 5.10 Å². The summed E-state index contributed by atoms with van der Waals surface area (Å²) in [6.07, 6.45) is 0.659. The van der Waals surface area contributed by atoms with E-state index in [0.717, 1.165) is 27.4 Å². The van der Waals surface area contributed by atoms with Crippen molar-refractivity contribution in [1.82, 2.24) is 19.5 Å². The molecule has 3 aromatic heterocycles. The lowest BCUT2D eigenvalue weighted by Crippen LogP contribution is -2.35. The van der Waals surface area contributed by atoms with Gasteiger partial charge in [-0.1, -0.05) is 19.1 Å². The van der Waals surface area contributed by atoms with Crippen molar-refractivity contribution in [3.63, 3.8) is 0 Å². The molecule has 0 saturated carbocycles. The lowest BCUT2D eigenvalue weighted by atomic mass is 10.2. The number of ether oxygens (including phenoxy) is 1. The molecule has 4 aromatic rings. The average molecular weight is 396 g/mol. The number of aryl methyl sites for hydroxylation is 1. The molecule has 4 rings (SSSR count). The molecule has 1 aromatic carbocycles. The molecule has 144 valence electrons. The first-order valence-corrected chi connectivity index (χ1v) is 9.87. The smallest absolute Gasteiger partial charge is 0.291 e. The number of carbonyl (C=O) groups excluding carboxylic acids is 1. The van der Waals surface area contributed by atoms with Crippen molar-refractivity contribution in [2.45, 2.75) is 26.4 Å². The van der Waals surface area contributed by atoms with Gasteiger partial charge in [0.15, 0.2) is 0 Å². The molecule has 0 bridgehead atoms. The predicted octanol–water partition coefficient (Wildman–Crippen LogP) is 2.60. The molecular weight excluding hydrogens is 376 g/mol. The molecule has 8 heteroatoms. The highest BCUT2D eigenvalue weighted by Crippen LogP contribution is 2.24. The zero-order valence-corrected chi connectivity index (χ0v) is 16.5. The van der Waals surface area contributed by atoms with Crippen LogP contribution in [0.5, 0.6) is 5.75 Å². The summed E-state index contributed by atoms with van der Waals surface area (Å²) in [7, 11) is 1.61. The summed E-state index contributed by atoms with van der Waals surface area (Å²) in [5, 5.41) is 10.3. The van der Waals surface area contributed by atoms with Crippen LogP contribution in [0, 0.1) is 0 Å². The summed E-state index contributed by atoms with van der Waals surface area (Å²) in [4.78, 5) is 26.2. The van der Waals surface area contributed by atoms with Gasteiger partial charge in [-0.3, -0.25) is 14.0 Å². The van der Waals surface area contributed by atoms with Crippen molar-refractivity contribution in [2.24, 2.45) is 0 Å². The quantitative estimate of drug-likeness (QED) is 0.543. The molecular formula is C20H20N4O3S. The van der Waals surface area contributed by atoms with Crippen molar-refractivity contribution in [2.75, 3.05) is 7.11 Å². The van der Waals surface area contributed by atoms with Crippen LogP contribution in [-0.4, -0.2) is 27.2 Å². The molecule has 0 aliphatic heterocycles. The first-order chi connectivity index (χ1) is 13.6. The Morgan fingerprint density at radius 3 is 2.75 bits per heavy atom. The SMILES string of the molecule is CCc1nn(CC(=O)NCc2ccc(OC)cc2)c(=O)c2cc3ccsc3n12. The molecule has 0 spiro atoms. The van der Waals surface area contributed by atoms with Crippen LogP contribution >= 0.6 is 11.3 Å². The lowest BCUT2D eigenvalue weighted by molar-refractivity contribution is -0.122. The Labute approximate surface area is 165 Å². The molecule has 0 saturated heterocycles. The van der Waals surface area contributed by atoms with Crippen LogP contribution in [0.15, 0.2) is 46.6 Å². The second-order valence-electron chi connectivity index (χ2n) is 6.40. The van der Waals surface area contributed by atoms with Crippen molar-refractivity contribution in [3.05, 3.63) is 63.5 Å². The van der Waals surface area contributed by atoms with Crippen LogP contribution < -0.4 is 15.6 Å². The fourth-order valence-electron chi connectivity index (χ4n) is 3.17. The van der Waals surface area contributed by atoms with E-state index in [2.05, 4.69) is 10.4 Å². The van der Waals surface area contributed by atoms with Gasteiger partial charge in [0.05, 0.1) is 7.11 Å². The van der Waals surface area contributed by atoms with E-state index in [1.165, 1.54) is 4.68 Å². The standard InChI is InChI=1S/C20H20N4O3S/c1-3-17-22-23(19(26)16-10-14-8-9-28-20(14)24(16)17)12-18(25)21-11-13-4-6-15(27-2)7-5-13/h4-10H,3,11-12H2,1-2H3,(H,21,25). The van der Waals surface area contributed by atoms with Gasteiger partial charge in [-0.05, 0) is 35.2 Å². The number of nitrogens with zero attached hydrogens (tertiary/aromatic N) is 3. The maximum absolute atomic E-state index is 12.8. The fourth-order valence-corrected chi connectivity index (χ4v) is 4.09. The van der Waals surface area contributed by atoms with Gasteiger partial charge in [0.25, 0.3) is 5.56 Å². The highest BCUT2D eigenvalue weighted by atomic mass is 32.1. The van der Waals surface area contributed by atoms with E-state index in [0.29, 0.717) is 18.5 Å². The number of rotatable bonds is 6. The van der Waals surface area contributed by atoms with E-state index in [4.69, 9.17) is 4.74 Å². The summed E-state index contributed by atoms with van der Waals surface area (Å²) >= 11 is 1.58. The second kappa shape index (κ2) is 7.47. The topological polar surface area (TPSA) is 77.6 Å². The van der Waals surface area contributed by atoms with E-state index >= 15 is 0 Å². The van der Waals surface area contributed by atoms with Gasteiger partial charge in [-0.15, -0.1) is 11.3 Å². The maximum Gasteiger partial charge on any atom is 0.291 e. The summed E-state index contributed by atoms with van der Waals surface area (Å²) < 4.78 is 8.27. The van der Waals surface area contributed by atoms with Crippen LogP contribution in [-0.2, 0) is 24.3 Å². The van der Waals surface area contributed by atoms with Crippen molar-refractivity contribution in [3.8, 4) is 5.75 Å². The number of amides is 1. The van der Waals surface area contributed by atoms with Crippen LogP contribution in [0.1, 0.15) is 18.3 Å². The largest absolute Gasteiger partial charge is 0.497 e. The minimum Gasteiger partial charge on any atom is -0.497 e. The van der Waals surface area contributed by atoms with Crippen LogP contribution in [0.2, 0.25) is 0 Å². The summed E-state index contributed by atoms with van der Waals surface area (Å²) in [6.45, 7) is 2.25. The number of hydrogen-bond acceptors (Lipinski definition) is 5. The molecule has 3 heterocycles. The molecule has 0 aliphatic carbocycles. The zero-order valence-electron chi connectivity index (χ0n) is 15.6. The van der Waals surface area contributed by atoms with E-state index in [9.17, 15) is 9.59 Å². The number of benzene rings is 1. The van der Waals surface area contributed by atoms with Gasteiger partial charge in [-0.25, -0.2) is 4.68 Å². The van der Waals surface area contributed by atoms with Gasteiger partial charge >= 0.3 is 0 Å². The van der Waals surface area contributed by atoms with E-state index in [1.807, 2.05) is 53.1 Å². The molecule has 0 radical (unpaired) electrons. The average Bonchev–Trinajstić information content (AvgIpc) is 3.31. The second-order valence-corrected chi connectivity index (χ2v) is 7.30. The Morgan fingerprint density at radius 1 is 1.25 bits per heavy atom. The molecule has 0 atom stereocenters. The monoisotopic (exact) mass is 396 g/mol. The number of hydrogen-bond donors (Lipinski definition) is 1. The molecule has 0 aliphatic rings. The number of fused-ring (bicyclic) bond motifs is 3. The molecule has 0 fully saturated rings. The van der Waals surface area contributed by atoms with Crippen molar-refractivity contribution >= 4 is 33.0 Å². The zero-order chi connectivity index (χ0) is 19.7. The summed E-state index contributed by atoms with van der Waals surface area (Å²) in [5.74, 6) is 1.26. The normalized spacial score (nSPS) is 11.2. The van der Waals surface area contributed by atoms with E-state index in [1.54, 1.807) is 18.4 Å². The van der Waals surface area contributed by atoms with Crippen LogP contribution in [0.3, 0.4) is 0 Å². The third kappa shape index (κ3) is 3.27. The van der Waals surface area contributed by atoms with Crippen LogP contribution in [0.4, 0.5) is 0 Å². The highest BCUT2D eigenvalue weighted by molar-refractivity contribution is 7.16. The lowest BCUT2D eigenvalue weighted by Gasteiger charge is -2.10. The third-order valence-corrected chi connectivity index (χ3v) is 5.53. The number of methoxy groups -OCH3 is 1. The number of carbonyl (C=O) groups is 1. The predicted molar refractivity (Wildman–Crippen MR) is 109 cm³/mol. The first kappa shape index (κ1) is 18.2. The molecule has 1 N–H and O–H groups in total. The van der Waals surface area contributed by atoms with Crippen LogP contribution in [0.25, 0.3) is 15.7 Å². The van der Waals surface area contributed by atoms with Crippen molar-refractivity contribution < 1.29 is 9.53 Å². The Balaban J connectivity index is 1.55. The Morgan fingerprint density at radius 2 is 2.04 bits per heavy atom. The van der Waals surface area contributed by atoms with Gasteiger partial charge in [0.2, 0.25) is 5.91 Å². The number of aromatic nitrogens is 3. The summed E-state index contributed by atoms with van der Waals surface area (Å²) in [5.41, 5.74) is 1.24. The highest BCUT2D eigenvalue weighted by Gasteiger charge is 2.15. The van der Waals surface area contributed by atoms with Crippen molar-refractivity contribution in [1.29, 1.82) is 0 Å². The summed E-state index contributed by atoms with van der Waals surface area (Å²) in [6, 6.07) is 11.3. The third-order valence-electron chi connectivity index (χ3n) is 4.62. The fraction of sp³-hybridized carbons (Fsp3) is 0.250. The van der Waals surface area contributed by atoms with E-state index < -0.39 is 0 Å². The van der Waals surface area contributed by atoms with E-state index in [-0.39, 0.29) is 18.0 Å². The number of nitrogens with one attached hydrogen (secondary N) is 1.